The highest BCUT2D eigenvalue weighted by Gasteiger charge is 2.61. The third kappa shape index (κ3) is 1.84. The molecule has 1 aromatic carbocycles. The van der Waals surface area contributed by atoms with E-state index in [0.717, 1.165) is 16.1 Å². The molecule has 104 valence electrons. The lowest BCUT2D eigenvalue weighted by atomic mass is 9.69. The fraction of sp³-hybridized carbons (Fsp3) is 0.625. The summed E-state index contributed by atoms with van der Waals surface area (Å²) in [6.07, 6.45) is 3.81. The average Bonchev–Trinajstić information content (AvgIpc) is 2.67. The fourth-order valence-corrected chi connectivity index (χ4v) is 4.58. The molecule has 3 atom stereocenters. The maximum Gasteiger partial charge on any atom is 0.125 e. The standard InChI is InChI=1S/C16H21BrFN/c1-15(2)10-6-7-16(15,3)14(8-10)19-13-9-11(18)4-5-12(13)17/h4-5,9-10,14,19H,6-8H2,1-3H3. The molecule has 2 aliphatic rings. The van der Waals surface area contributed by atoms with Gasteiger partial charge in [0, 0.05) is 10.5 Å². The van der Waals surface area contributed by atoms with Crippen molar-refractivity contribution >= 4 is 21.6 Å². The fourth-order valence-electron chi connectivity index (χ4n) is 4.22. The van der Waals surface area contributed by atoms with Gasteiger partial charge in [0.1, 0.15) is 5.82 Å². The van der Waals surface area contributed by atoms with Gasteiger partial charge in [-0.3, -0.25) is 0 Å². The number of halogens is 2. The first kappa shape index (κ1) is 13.4. The molecule has 2 bridgehead atoms. The second-order valence-electron chi connectivity index (χ2n) is 6.93. The van der Waals surface area contributed by atoms with Crippen LogP contribution in [-0.4, -0.2) is 6.04 Å². The van der Waals surface area contributed by atoms with E-state index in [9.17, 15) is 4.39 Å². The van der Waals surface area contributed by atoms with Crippen molar-refractivity contribution in [3.63, 3.8) is 0 Å². The van der Waals surface area contributed by atoms with Gasteiger partial charge in [-0.05, 0) is 70.1 Å². The van der Waals surface area contributed by atoms with Crippen LogP contribution < -0.4 is 5.32 Å². The molecule has 0 heterocycles. The highest BCUT2D eigenvalue weighted by molar-refractivity contribution is 9.10. The molecule has 0 radical (unpaired) electrons. The van der Waals surface area contributed by atoms with Crippen LogP contribution in [0, 0.1) is 22.6 Å². The molecule has 2 fully saturated rings. The van der Waals surface area contributed by atoms with Gasteiger partial charge in [0.25, 0.3) is 0 Å². The second-order valence-corrected chi connectivity index (χ2v) is 7.79. The number of hydrogen-bond acceptors (Lipinski definition) is 1. The molecule has 0 aromatic heterocycles. The van der Waals surface area contributed by atoms with E-state index in [4.69, 9.17) is 0 Å². The summed E-state index contributed by atoms with van der Waals surface area (Å²) >= 11 is 3.51. The van der Waals surface area contributed by atoms with Crippen LogP contribution in [0.25, 0.3) is 0 Å². The SMILES string of the molecule is CC1(C)C2CCC1(C)C(Nc1cc(F)ccc1Br)C2. The molecule has 3 heteroatoms. The minimum Gasteiger partial charge on any atom is -0.381 e. The number of benzene rings is 1. The van der Waals surface area contributed by atoms with Gasteiger partial charge >= 0.3 is 0 Å². The molecule has 0 saturated heterocycles. The summed E-state index contributed by atoms with van der Waals surface area (Å²) < 4.78 is 14.3. The van der Waals surface area contributed by atoms with Gasteiger partial charge in [-0.25, -0.2) is 4.39 Å². The van der Waals surface area contributed by atoms with Gasteiger partial charge in [0.2, 0.25) is 0 Å². The first-order chi connectivity index (χ1) is 8.84. The number of fused-ring (bicyclic) bond motifs is 2. The summed E-state index contributed by atoms with van der Waals surface area (Å²) in [7, 11) is 0. The first-order valence-electron chi connectivity index (χ1n) is 7.06. The van der Waals surface area contributed by atoms with E-state index < -0.39 is 0 Å². The van der Waals surface area contributed by atoms with Crippen molar-refractivity contribution < 1.29 is 4.39 Å². The third-order valence-corrected chi connectivity index (χ3v) is 6.74. The van der Waals surface area contributed by atoms with E-state index in [-0.39, 0.29) is 5.82 Å². The molecule has 2 saturated carbocycles. The normalized spacial score (nSPS) is 35.6. The van der Waals surface area contributed by atoms with Crippen molar-refractivity contribution in [1.29, 1.82) is 0 Å². The molecule has 0 amide bonds. The lowest BCUT2D eigenvalue weighted by Crippen LogP contribution is -2.40. The Balaban J connectivity index is 1.88. The van der Waals surface area contributed by atoms with Gasteiger partial charge in [-0.2, -0.15) is 0 Å². The van der Waals surface area contributed by atoms with E-state index in [1.807, 2.05) is 0 Å². The molecule has 1 N–H and O–H groups in total. The quantitative estimate of drug-likeness (QED) is 0.786. The molecular weight excluding hydrogens is 305 g/mol. The highest BCUT2D eigenvalue weighted by atomic mass is 79.9. The van der Waals surface area contributed by atoms with Gasteiger partial charge in [-0.15, -0.1) is 0 Å². The minimum absolute atomic E-state index is 0.182. The Labute approximate surface area is 123 Å². The Hall–Kier alpha value is -0.570. The van der Waals surface area contributed by atoms with E-state index in [1.165, 1.54) is 25.3 Å². The Morgan fingerprint density at radius 1 is 1.32 bits per heavy atom. The summed E-state index contributed by atoms with van der Waals surface area (Å²) in [5.74, 6) is 0.612. The summed E-state index contributed by atoms with van der Waals surface area (Å²) in [5, 5.41) is 3.59. The lowest BCUT2D eigenvalue weighted by Gasteiger charge is -2.40. The molecular formula is C16H21BrFN. The van der Waals surface area contributed by atoms with Crippen molar-refractivity contribution in [2.24, 2.45) is 16.7 Å². The monoisotopic (exact) mass is 325 g/mol. The van der Waals surface area contributed by atoms with Gasteiger partial charge in [0.15, 0.2) is 0 Å². The summed E-state index contributed by atoms with van der Waals surface area (Å²) in [6, 6.07) is 5.30. The van der Waals surface area contributed by atoms with Crippen molar-refractivity contribution in [3.8, 4) is 0 Å². The minimum atomic E-state index is -0.182. The van der Waals surface area contributed by atoms with Crippen molar-refractivity contribution in [3.05, 3.63) is 28.5 Å². The number of rotatable bonds is 2. The number of hydrogen-bond donors (Lipinski definition) is 1. The van der Waals surface area contributed by atoms with Crippen molar-refractivity contribution in [1.82, 2.24) is 0 Å². The zero-order valence-corrected chi connectivity index (χ0v) is 13.3. The number of anilines is 1. The second kappa shape index (κ2) is 4.21. The van der Waals surface area contributed by atoms with Crippen LogP contribution in [0.4, 0.5) is 10.1 Å². The molecule has 2 aliphatic carbocycles. The first-order valence-corrected chi connectivity index (χ1v) is 7.85. The van der Waals surface area contributed by atoms with Gasteiger partial charge < -0.3 is 5.32 Å². The molecule has 1 aromatic rings. The Bertz CT molecular complexity index is 513. The zero-order chi connectivity index (χ0) is 13.8. The van der Waals surface area contributed by atoms with Crippen LogP contribution in [0.5, 0.6) is 0 Å². The molecule has 1 nitrogen and oxygen atoms in total. The Kier molecular flexibility index (Phi) is 2.97. The Morgan fingerprint density at radius 3 is 2.63 bits per heavy atom. The van der Waals surface area contributed by atoms with E-state index in [1.54, 1.807) is 12.1 Å². The highest BCUT2D eigenvalue weighted by Crippen LogP contribution is 2.65. The number of nitrogens with one attached hydrogen (secondary N) is 1. The van der Waals surface area contributed by atoms with Gasteiger partial charge in [-0.1, -0.05) is 20.8 Å². The molecule has 0 aliphatic heterocycles. The predicted molar refractivity (Wildman–Crippen MR) is 80.7 cm³/mol. The van der Waals surface area contributed by atoms with Crippen LogP contribution in [0.1, 0.15) is 40.0 Å². The van der Waals surface area contributed by atoms with E-state index in [0.29, 0.717) is 16.9 Å². The van der Waals surface area contributed by atoms with Crippen LogP contribution in [0.2, 0.25) is 0 Å². The summed E-state index contributed by atoms with van der Waals surface area (Å²) in [4.78, 5) is 0. The largest absolute Gasteiger partial charge is 0.381 e. The summed E-state index contributed by atoms with van der Waals surface area (Å²) in [6.45, 7) is 7.19. The van der Waals surface area contributed by atoms with Gasteiger partial charge in [0.05, 0.1) is 5.69 Å². The van der Waals surface area contributed by atoms with Crippen molar-refractivity contribution in [2.45, 2.75) is 46.1 Å². The van der Waals surface area contributed by atoms with Crippen LogP contribution in [0.15, 0.2) is 22.7 Å². The van der Waals surface area contributed by atoms with E-state index in [2.05, 4.69) is 42.0 Å². The van der Waals surface area contributed by atoms with Crippen LogP contribution >= 0.6 is 15.9 Å². The summed E-state index contributed by atoms with van der Waals surface area (Å²) in [5.41, 5.74) is 1.57. The maximum atomic E-state index is 13.4. The zero-order valence-electron chi connectivity index (χ0n) is 11.8. The molecule has 3 unspecified atom stereocenters. The molecule has 0 spiro atoms. The van der Waals surface area contributed by atoms with Crippen LogP contribution in [-0.2, 0) is 0 Å². The Morgan fingerprint density at radius 2 is 2.05 bits per heavy atom. The average molecular weight is 326 g/mol. The smallest absolute Gasteiger partial charge is 0.125 e. The lowest BCUT2D eigenvalue weighted by molar-refractivity contribution is 0.142. The van der Waals surface area contributed by atoms with E-state index >= 15 is 0 Å². The molecule has 3 rings (SSSR count). The predicted octanol–water partition coefficient (Wildman–Crippen LogP) is 5.21. The third-order valence-electron chi connectivity index (χ3n) is 6.05. The van der Waals surface area contributed by atoms with Crippen LogP contribution in [0.3, 0.4) is 0 Å². The molecule has 19 heavy (non-hydrogen) atoms. The van der Waals surface area contributed by atoms with Crippen molar-refractivity contribution in [2.75, 3.05) is 5.32 Å². The topological polar surface area (TPSA) is 12.0 Å². The maximum absolute atomic E-state index is 13.4.